The van der Waals surface area contributed by atoms with Crippen molar-refractivity contribution in [3.8, 4) is 0 Å². The van der Waals surface area contributed by atoms with Crippen LogP contribution in [0.25, 0.3) is 11.2 Å². The number of aromatic nitrogens is 4. The minimum Gasteiger partial charge on any atom is -0.393 e. The normalized spacial score (nSPS) is 24.8. The van der Waals surface area contributed by atoms with Gasteiger partial charge in [-0.3, -0.25) is 4.57 Å². The van der Waals surface area contributed by atoms with Crippen molar-refractivity contribution in [1.29, 1.82) is 0 Å². The van der Waals surface area contributed by atoms with Gasteiger partial charge in [-0.25, -0.2) is 4.98 Å². The molecule has 4 rings (SSSR count). The zero-order chi connectivity index (χ0) is 14.4. The molecule has 0 radical (unpaired) electrons. The van der Waals surface area contributed by atoms with Crippen molar-refractivity contribution >= 4 is 22.9 Å². The molecule has 1 aliphatic carbocycles. The van der Waals surface area contributed by atoms with Crippen molar-refractivity contribution < 1.29 is 9.84 Å². The van der Waals surface area contributed by atoms with Gasteiger partial charge in [0.1, 0.15) is 6.10 Å². The van der Waals surface area contributed by atoms with Gasteiger partial charge in [-0.1, -0.05) is 6.08 Å². The van der Waals surface area contributed by atoms with Crippen LogP contribution in [0.2, 0.25) is 0 Å². The highest BCUT2D eigenvalue weighted by Crippen LogP contribution is 2.30. The number of hydrogen-bond acceptors (Lipinski definition) is 7. The topological polar surface area (TPSA) is 111 Å². The van der Waals surface area contributed by atoms with E-state index >= 15 is 0 Å². The average Bonchev–Trinajstić information content (AvgIpc) is 3.01. The number of ether oxygens (including phenoxy) is 1. The summed E-state index contributed by atoms with van der Waals surface area (Å²) >= 11 is 0. The van der Waals surface area contributed by atoms with E-state index in [1.807, 2.05) is 12.2 Å². The van der Waals surface area contributed by atoms with Gasteiger partial charge in [-0.2, -0.15) is 9.97 Å². The summed E-state index contributed by atoms with van der Waals surface area (Å²) in [5.41, 5.74) is 7.10. The number of nitrogens with two attached hydrogens (primary N) is 1. The number of aliphatic hydroxyl groups is 1. The fourth-order valence-electron chi connectivity index (χ4n) is 2.39. The number of nitrogens with one attached hydrogen (secondary N) is 1. The maximum Gasteiger partial charge on any atom is 0.224 e. The minimum absolute atomic E-state index is 0.0504. The highest BCUT2D eigenvalue weighted by molar-refractivity contribution is 5.84. The van der Waals surface area contributed by atoms with Crippen LogP contribution in [-0.2, 0) is 4.74 Å². The Hall–Kier alpha value is -2.19. The zero-order valence-electron chi connectivity index (χ0n) is 11.3. The molecule has 2 aliphatic rings. The SMILES string of the molecule is Nc1nc(NC2CC2)c2ncn(C3C=CC(CO)O3)c2n1. The Bertz CT molecular complexity index is 708. The van der Waals surface area contributed by atoms with Gasteiger partial charge in [0.05, 0.1) is 12.9 Å². The lowest BCUT2D eigenvalue weighted by molar-refractivity contribution is -0.00638. The van der Waals surface area contributed by atoms with Crippen LogP contribution >= 0.6 is 0 Å². The van der Waals surface area contributed by atoms with Crippen molar-refractivity contribution in [2.45, 2.75) is 31.2 Å². The van der Waals surface area contributed by atoms with Gasteiger partial charge in [0.2, 0.25) is 5.95 Å². The van der Waals surface area contributed by atoms with Crippen LogP contribution in [0.3, 0.4) is 0 Å². The monoisotopic (exact) mass is 288 g/mol. The maximum atomic E-state index is 9.13. The first kappa shape index (κ1) is 12.5. The van der Waals surface area contributed by atoms with Gasteiger partial charge >= 0.3 is 0 Å². The van der Waals surface area contributed by atoms with E-state index in [0.29, 0.717) is 23.0 Å². The summed E-state index contributed by atoms with van der Waals surface area (Å²) in [6.07, 6.45) is 6.99. The van der Waals surface area contributed by atoms with E-state index in [1.165, 1.54) is 0 Å². The molecule has 110 valence electrons. The summed E-state index contributed by atoms with van der Waals surface area (Å²) in [5.74, 6) is 0.868. The van der Waals surface area contributed by atoms with E-state index in [1.54, 1.807) is 10.9 Å². The van der Waals surface area contributed by atoms with E-state index in [4.69, 9.17) is 15.6 Å². The van der Waals surface area contributed by atoms with E-state index in [-0.39, 0.29) is 24.9 Å². The second kappa shape index (κ2) is 4.68. The molecule has 1 saturated carbocycles. The minimum atomic E-state index is -0.338. The first-order valence-corrected chi connectivity index (χ1v) is 6.96. The highest BCUT2D eigenvalue weighted by atomic mass is 16.5. The van der Waals surface area contributed by atoms with Crippen molar-refractivity contribution in [2.24, 2.45) is 0 Å². The van der Waals surface area contributed by atoms with Crippen LogP contribution in [0.15, 0.2) is 18.5 Å². The van der Waals surface area contributed by atoms with E-state index in [0.717, 1.165) is 12.8 Å². The third-order valence-corrected chi connectivity index (χ3v) is 3.62. The molecule has 2 aromatic rings. The third kappa shape index (κ3) is 2.22. The number of imidazole rings is 1. The largest absolute Gasteiger partial charge is 0.393 e. The van der Waals surface area contributed by atoms with Crippen molar-refractivity contribution in [1.82, 2.24) is 19.5 Å². The van der Waals surface area contributed by atoms with Crippen LogP contribution in [0.4, 0.5) is 11.8 Å². The van der Waals surface area contributed by atoms with Crippen LogP contribution < -0.4 is 11.1 Å². The predicted octanol–water partition coefficient (Wildman–Crippen LogP) is 0.429. The van der Waals surface area contributed by atoms with Crippen LogP contribution in [0, 0.1) is 0 Å². The van der Waals surface area contributed by atoms with Gasteiger partial charge in [0.25, 0.3) is 0 Å². The van der Waals surface area contributed by atoms with Crippen LogP contribution in [0.1, 0.15) is 19.1 Å². The summed E-state index contributed by atoms with van der Waals surface area (Å²) in [6.45, 7) is -0.0504. The standard InChI is InChI=1S/C13H16N6O2/c14-13-17-11(16-7-1-2-7)10-12(18-13)19(6-15-10)9-4-3-8(5-20)21-9/h3-4,6-9,20H,1-2,5H2,(H3,14,16,17,18). The molecule has 1 aliphatic heterocycles. The molecule has 8 heteroatoms. The molecular weight excluding hydrogens is 272 g/mol. The maximum absolute atomic E-state index is 9.13. The number of nitrogen functional groups attached to an aromatic ring is 1. The Morgan fingerprint density at radius 1 is 1.38 bits per heavy atom. The number of aliphatic hydroxyl groups excluding tert-OH is 1. The fraction of sp³-hybridized carbons (Fsp3) is 0.462. The molecule has 1 fully saturated rings. The summed E-state index contributed by atoms with van der Waals surface area (Å²) in [4.78, 5) is 12.9. The van der Waals surface area contributed by atoms with Gasteiger partial charge in [-0.05, 0) is 18.9 Å². The molecule has 0 spiro atoms. The number of fused-ring (bicyclic) bond motifs is 1. The summed E-state index contributed by atoms with van der Waals surface area (Å²) < 4.78 is 7.47. The smallest absolute Gasteiger partial charge is 0.224 e. The predicted molar refractivity (Wildman–Crippen MR) is 76.5 cm³/mol. The second-order valence-corrected chi connectivity index (χ2v) is 5.31. The Morgan fingerprint density at radius 3 is 2.95 bits per heavy atom. The summed E-state index contributed by atoms with van der Waals surface area (Å²) in [7, 11) is 0. The number of nitrogens with zero attached hydrogens (tertiary/aromatic N) is 4. The summed E-state index contributed by atoms with van der Waals surface area (Å²) in [6, 6.07) is 0.453. The molecule has 0 bridgehead atoms. The van der Waals surface area contributed by atoms with Crippen molar-refractivity contribution in [3.63, 3.8) is 0 Å². The van der Waals surface area contributed by atoms with Gasteiger partial charge < -0.3 is 20.9 Å². The van der Waals surface area contributed by atoms with Crippen molar-refractivity contribution in [3.05, 3.63) is 18.5 Å². The van der Waals surface area contributed by atoms with E-state index in [2.05, 4.69) is 20.3 Å². The zero-order valence-corrected chi connectivity index (χ0v) is 11.3. The Labute approximate surface area is 120 Å². The first-order chi connectivity index (χ1) is 10.2. The molecule has 2 unspecified atom stereocenters. The lowest BCUT2D eigenvalue weighted by Crippen LogP contribution is -2.15. The van der Waals surface area contributed by atoms with Gasteiger partial charge in [0.15, 0.2) is 23.2 Å². The van der Waals surface area contributed by atoms with Gasteiger partial charge in [0, 0.05) is 6.04 Å². The number of rotatable bonds is 4. The fourth-order valence-corrected chi connectivity index (χ4v) is 2.39. The molecule has 21 heavy (non-hydrogen) atoms. The van der Waals surface area contributed by atoms with E-state index < -0.39 is 0 Å². The van der Waals surface area contributed by atoms with Gasteiger partial charge in [-0.15, -0.1) is 0 Å². The average molecular weight is 288 g/mol. The quantitative estimate of drug-likeness (QED) is 0.699. The third-order valence-electron chi connectivity index (χ3n) is 3.62. The Morgan fingerprint density at radius 2 is 2.24 bits per heavy atom. The molecule has 0 amide bonds. The molecule has 3 heterocycles. The lowest BCUT2D eigenvalue weighted by atomic mass is 10.4. The van der Waals surface area contributed by atoms with E-state index in [9.17, 15) is 0 Å². The van der Waals surface area contributed by atoms with Crippen molar-refractivity contribution in [2.75, 3.05) is 17.7 Å². The Balaban J connectivity index is 1.73. The first-order valence-electron chi connectivity index (χ1n) is 6.96. The summed E-state index contributed by atoms with van der Waals surface area (Å²) in [5, 5.41) is 12.4. The second-order valence-electron chi connectivity index (χ2n) is 5.31. The molecule has 2 atom stereocenters. The molecule has 0 aromatic carbocycles. The lowest BCUT2D eigenvalue weighted by Gasteiger charge is -2.14. The molecular formula is C13H16N6O2. The molecule has 8 nitrogen and oxygen atoms in total. The van der Waals surface area contributed by atoms with Crippen LogP contribution in [-0.4, -0.2) is 43.4 Å². The number of hydrogen-bond donors (Lipinski definition) is 3. The van der Waals surface area contributed by atoms with Crippen LogP contribution in [0.5, 0.6) is 0 Å². The Kier molecular flexibility index (Phi) is 2.79. The molecule has 4 N–H and O–H groups in total. The highest BCUT2D eigenvalue weighted by Gasteiger charge is 2.26. The molecule has 2 aromatic heterocycles. The molecule has 0 saturated heterocycles. The number of anilines is 2.